The molecule has 11 rings (SSSR count). The highest BCUT2D eigenvalue weighted by atomic mass is 35.5. The van der Waals surface area contributed by atoms with Gasteiger partial charge in [-0.3, -0.25) is 19.6 Å². The lowest BCUT2D eigenvalue weighted by atomic mass is 9.73. The van der Waals surface area contributed by atoms with Gasteiger partial charge in [0.15, 0.2) is 0 Å². The maximum Gasteiger partial charge on any atom is 0.495 e. The van der Waals surface area contributed by atoms with E-state index in [4.69, 9.17) is 30.4 Å². The quantitative estimate of drug-likeness (QED) is 0.144. The number of pyridine rings is 2. The second kappa shape index (κ2) is 22.9. The molecule has 8 aromatic rings. The second-order valence-electron chi connectivity index (χ2n) is 21.9. The lowest BCUT2D eigenvalue weighted by Gasteiger charge is -2.32. The van der Waals surface area contributed by atoms with E-state index in [-0.39, 0.29) is 58.6 Å². The summed E-state index contributed by atoms with van der Waals surface area (Å²) >= 11 is 9.23. The number of halogens is 3. The molecule has 0 bridgehead atoms. The maximum atomic E-state index is 14.0. The van der Waals surface area contributed by atoms with Gasteiger partial charge in [0.25, 0.3) is 11.8 Å². The summed E-state index contributed by atoms with van der Waals surface area (Å²) in [6.07, 6.45) is 4.96. The lowest BCUT2D eigenvalue weighted by molar-refractivity contribution is 0.00578. The summed E-state index contributed by atoms with van der Waals surface area (Å²) in [6, 6.07) is 25.4. The Balaban J connectivity index is 0.000000149. The molecule has 78 heavy (non-hydrogen) atoms. The molecule has 7 heterocycles. The summed E-state index contributed by atoms with van der Waals surface area (Å²) in [5.41, 5.74) is 11.3. The number of thiophene rings is 2. The molecule has 2 atom stereocenters. The normalized spacial score (nSPS) is 17.1. The van der Waals surface area contributed by atoms with Crippen molar-refractivity contribution in [1.82, 2.24) is 20.6 Å². The first-order valence-electron chi connectivity index (χ1n) is 26.5. The van der Waals surface area contributed by atoms with Gasteiger partial charge in [0.1, 0.15) is 23.1 Å². The van der Waals surface area contributed by atoms with Crippen molar-refractivity contribution in [3.8, 4) is 22.6 Å². The predicted molar refractivity (Wildman–Crippen MR) is 312 cm³/mol. The number of carbonyl (C=O) groups excluding carboxylic acids is 2. The van der Waals surface area contributed by atoms with Gasteiger partial charge >= 0.3 is 7.12 Å². The number of para-hydroxylation sites is 2. The van der Waals surface area contributed by atoms with Crippen molar-refractivity contribution in [3.63, 3.8) is 0 Å². The number of aryl methyl sites for hydroxylation is 4. The summed E-state index contributed by atoms with van der Waals surface area (Å²) in [6.45, 7) is 25.2. The zero-order valence-corrected chi connectivity index (χ0v) is 48.6. The number of hydrogen-bond donors (Lipinski definition) is 2. The first kappa shape index (κ1) is 56.5. The molecule has 1 saturated heterocycles. The van der Waals surface area contributed by atoms with Crippen LogP contribution in [0.25, 0.3) is 31.6 Å². The largest absolute Gasteiger partial charge is 0.495 e. The Hall–Kier alpha value is -6.23. The molecule has 16 heteroatoms. The Bertz CT molecular complexity index is 3520. The van der Waals surface area contributed by atoms with Gasteiger partial charge in [-0.1, -0.05) is 75.7 Å². The molecular weight excluding hydrogens is 1050 g/mol. The highest BCUT2D eigenvalue weighted by molar-refractivity contribution is 7.22. The molecule has 10 nitrogen and oxygen atoms in total. The molecule has 3 aliphatic heterocycles. The van der Waals surface area contributed by atoms with Gasteiger partial charge in [0.2, 0.25) is 0 Å². The minimum atomic E-state index is -0.421. The van der Waals surface area contributed by atoms with E-state index in [0.29, 0.717) is 28.0 Å². The van der Waals surface area contributed by atoms with Gasteiger partial charge in [-0.25, -0.2) is 8.78 Å². The minimum Gasteiger partial charge on any atom is -0.493 e. The van der Waals surface area contributed by atoms with Crippen LogP contribution in [-0.2, 0) is 9.31 Å². The van der Waals surface area contributed by atoms with Crippen LogP contribution in [0.3, 0.4) is 0 Å². The van der Waals surface area contributed by atoms with Crippen LogP contribution in [-0.4, -0.2) is 53.3 Å². The summed E-state index contributed by atoms with van der Waals surface area (Å²) in [5, 5.41) is 7.08. The lowest BCUT2D eigenvalue weighted by Crippen LogP contribution is -2.41. The first-order chi connectivity index (χ1) is 37.0. The third-order valence-corrected chi connectivity index (χ3v) is 18.0. The molecular formula is C62H66BClF2N4O6S2. The van der Waals surface area contributed by atoms with Crippen molar-refractivity contribution in [2.75, 3.05) is 13.2 Å². The third-order valence-electron chi connectivity index (χ3n) is 15.1. The van der Waals surface area contributed by atoms with Gasteiger partial charge in [0.05, 0.1) is 71.7 Å². The molecule has 0 radical (unpaired) electrons. The van der Waals surface area contributed by atoms with Crippen molar-refractivity contribution in [3.05, 3.63) is 168 Å². The Morgan fingerprint density at radius 1 is 0.641 bits per heavy atom. The minimum absolute atomic E-state index is 0.0545. The molecule has 3 aliphatic rings. The van der Waals surface area contributed by atoms with Gasteiger partial charge < -0.3 is 29.4 Å². The average Bonchev–Trinajstić information content (AvgIpc) is 4.10. The Morgan fingerprint density at radius 3 is 1.54 bits per heavy atom. The van der Waals surface area contributed by atoms with Gasteiger partial charge in [0, 0.05) is 53.1 Å². The molecule has 4 aromatic heterocycles. The Kier molecular flexibility index (Phi) is 16.6. The van der Waals surface area contributed by atoms with Crippen molar-refractivity contribution in [2.45, 2.75) is 131 Å². The first-order valence-corrected chi connectivity index (χ1v) is 28.5. The SMILES string of the molecule is CC(C)c1c(C(=O)N[C@H]2CCOc3ccccc32)sc2c(Cl)ccnc12.Cc1cc(F)cc(C)c1-c1ccnc2c(C(C)C)c(C(=O)N[C@H]3CCOc4ccccc43)sc12.Cc1cc(F)cc(C)c1B1OC(C)(C)C(C)(C)O1. The molecule has 0 aliphatic carbocycles. The summed E-state index contributed by atoms with van der Waals surface area (Å²) in [7, 11) is -0.421. The third kappa shape index (κ3) is 11.3. The highest BCUT2D eigenvalue weighted by Crippen LogP contribution is 2.44. The van der Waals surface area contributed by atoms with Crippen LogP contribution in [0, 0.1) is 39.3 Å². The number of carbonyl (C=O) groups is 2. The fourth-order valence-corrected chi connectivity index (χ4v) is 13.4. The monoisotopic (exact) mass is 1110 g/mol. The number of aromatic nitrogens is 2. The average molecular weight is 1110 g/mol. The second-order valence-corrected chi connectivity index (χ2v) is 24.3. The zero-order chi connectivity index (χ0) is 56.0. The molecule has 1 fully saturated rings. The fraction of sp³-hybridized carbons (Fsp3) is 0.355. The van der Waals surface area contributed by atoms with Crippen LogP contribution in [0.15, 0.2) is 97.3 Å². The number of nitrogens with zero attached hydrogens (tertiary/aromatic N) is 2. The Labute approximate surface area is 469 Å². The van der Waals surface area contributed by atoms with E-state index in [1.165, 1.54) is 34.8 Å². The molecule has 0 unspecified atom stereocenters. The number of benzene rings is 4. The molecule has 0 saturated carbocycles. The van der Waals surface area contributed by atoms with E-state index in [9.17, 15) is 18.4 Å². The predicted octanol–water partition coefficient (Wildman–Crippen LogP) is 15.2. The topological polar surface area (TPSA) is 121 Å². The van der Waals surface area contributed by atoms with E-state index >= 15 is 0 Å². The molecule has 2 N–H and O–H groups in total. The van der Waals surface area contributed by atoms with Crippen LogP contribution < -0.4 is 25.6 Å². The van der Waals surface area contributed by atoms with Crippen LogP contribution in [0.5, 0.6) is 11.5 Å². The van der Waals surface area contributed by atoms with Crippen LogP contribution >= 0.6 is 34.3 Å². The fourth-order valence-electron chi connectivity index (χ4n) is 10.6. The van der Waals surface area contributed by atoms with Crippen molar-refractivity contribution >= 4 is 79.1 Å². The summed E-state index contributed by atoms with van der Waals surface area (Å²) < 4.78 is 52.6. The highest BCUT2D eigenvalue weighted by Gasteiger charge is 2.52. The number of nitrogens with one attached hydrogen (secondary N) is 2. The van der Waals surface area contributed by atoms with Crippen LogP contribution in [0.1, 0.15) is 156 Å². The zero-order valence-electron chi connectivity index (χ0n) is 46.2. The molecule has 4 aromatic carbocycles. The van der Waals surface area contributed by atoms with Crippen molar-refractivity contribution < 1.29 is 37.2 Å². The smallest absolute Gasteiger partial charge is 0.493 e. The van der Waals surface area contributed by atoms with Crippen LogP contribution in [0.2, 0.25) is 5.02 Å². The van der Waals surface area contributed by atoms with Crippen molar-refractivity contribution in [2.24, 2.45) is 0 Å². The van der Waals surface area contributed by atoms with Gasteiger partial charge in [-0.05, 0) is 149 Å². The van der Waals surface area contributed by atoms with E-state index in [1.54, 1.807) is 30.6 Å². The molecule has 2 amide bonds. The van der Waals surface area contributed by atoms with E-state index < -0.39 is 7.12 Å². The van der Waals surface area contributed by atoms with E-state index in [1.807, 2.05) is 110 Å². The molecule has 406 valence electrons. The number of rotatable bonds is 8. The number of ether oxygens (including phenoxy) is 2. The Morgan fingerprint density at radius 2 is 1.06 bits per heavy atom. The van der Waals surface area contributed by atoms with Gasteiger partial charge in [-0.2, -0.15) is 0 Å². The standard InChI is InChI=1S/C28H27FN2O2S.C20H19ClN2O2S.C14H20BFO2/c1-15(2)23-25-26(20(9-11-30-25)24-16(3)13-18(29)14-17(24)4)34-27(23)28(32)31-21-10-12-33-22-8-6-5-7-19(21)22;1-11(2)16-17-18(13(21)7-9-22-17)26-19(16)20(24)23-14-8-10-25-15-6-4-3-5-12(14)15;1-9-7-11(16)8-10(2)12(9)15-17-13(3,4)14(5,6)18-15/h5-9,11,13-15,21H,10,12H2,1-4H3,(H,31,32);3-7,9,11,14H,8,10H2,1-2H3,(H,23,24);7-8H,1-6H3/t21-;14-;/m00./s1. The van der Waals surface area contributed by atoms with Crippen LogP contribution in [0.4, 0.5) is 8.78 Å². The van der Waals surface area contributed by atoms with E-state index in [0.717, 1.165) is 106 Å². The molecule has 0 spiro atoms. The van der Waals surface area contributed by atoms with Gasteiger partial charge in [-0.15, -0.1) is 22.7 Å². The number of hydrogen-bond acceptors (Lipinski definition) is 10. The van der Waals surface area contributed by atoms with E-state index in [2.05, 4.69) is 48.3 Å². The van der Waals surface area contributed by atoms with Crippen molar-refractivity contribution in [1.29, 1.82) is 0 Å². The number of fused-ring (bicyclic) bond motifs is 4. The maximum absolute atomic E-state index is 14.0. The summed E-state index contributed by atoms with van der Waals surface area (Å²) in [5.74, 6) is 1.34. The number of amides is 2. The summed E-state index contributed by atoms with van der Waals surface area (Å²) in [4.78, 5) is 37.3.